The van der Waals surface area contributed by atoms with Crippen molar-refractivity contribution < 1.29 is 0 Å². The summed E-state index contributed by atoms with van der Waals surface area (Å²) in [7, 11) is 1.47. The number of aromatic nitrogens is 2. The first kappa shape index (κ1) is 9.84. The second-order valence-electron chi connectivity index (χ2n) is 4.04. The van der Waals surface area contributed by atoms with Gasteiger partial charge in [0.05, 0.1) is 10.9 Å². The molecule has 0 amide bonds. The number of fused-ring (bicyclic) bond motifs is 2. The summed E-state index contributed by atoms with van der Waals surface area (Å²) in [5.41, 5.74) is -0.0796. The molecule has 4 heteroatoms. The van der Waals surface area contributed by atoms with Crippen molar-refractivity contribution in [1.82, 2.24) is 9.55 Å². The molecule has 0 aliphatic heterocycles. The molecule has 0 saturated heterocycles. The summed E-state index contributed by atoms with van der Waals surface area (Å²) in [6, 6.07) is 11.4. The average molecular weight is 226 g/mol. The SMILES string of the molecule is Cn1c(=O)[nH]c2cc3ccccc3cc2c1=O. The van der Waals surface area contributed by atoms with Gasteiger partial charge in [-0.3, -0.25) is 9.36 Å². The third-order valence-electron chi connectivity index (χ3n) is 2.97. The van der Waals surface area contributed by atoms with Crippen LogP contribution >= 0.6 is 0 Å². The number of nitrogens with one attached hydrogen (secondary N) is 1. The minimum absolute atomic E-state index is 0.269. The molecule has 0 saturated carbocycles. The van der Waals surface area contributed by atoms with Crippen molar-refractivity contribution in [2.24, 2.45) is 7.05 Å². The zero-order valence-electron chi connectivity index (χ0n) is 9.23. The van der Waals surface area contributed by atoms with Crippen LogP contribution in [0.4, 0.5) is 0 Å². The number of hydrogen-bond acceptors (Lipinski definition) is 2. The topological polar surface area (TPSA) is 54.9 Å². The maximum atomic E-state index is 11.9. The van der Waals surface area contributed by atoms with Crippen LogP contribution in [0.3, 0.4) is 0 Å². The fourth-order valence-electron chi connectivity index (χ4n) is 1.99. The van der Waals surface area contributed by atoms with Gasteiger partial charge in [0, 0.05) is 7.05 Å². The van der Waals surface area contributed by atoms with Crippen molar-refractivity contribution in [3.05, 3.63) is 57.2 Å². The second kappa shape index (κ2) is 3.31. The largest absolute Gasteiger partial charge is 0.328 e. The Bertz CT molecular complexity index is 843. The monoisotopic (exact) mass is 226 g/mol. The Morgan fingerprint density at radius 3 is 2.41 bits per heavy atom. The normalized spacial score (nSPS) is 11.1. The maximum absolute atomic E-state index is 11.9. The molecule has 1 heterocycles. The van der Waals surface area contributed by atoms with Crippen LogP contribution in [0.25, 0.3) is 21.7 Å². The fraction of sp³-hybridized carbons (Fsp3) is 0.0769. The van der Waals surface area contributed by atoms with Gasteiger partial charge in [0.15, 0.2) is 0 Å². The smallest absolute Gasteiger partial charge is 0.307 e. The van der Waals surface area contributed by atoms with Crippen LogP contribution in [0.15, 0.2) is 46.0 Å². The quantitative estimate of drug-likeness (QED) is 0.589. The number of benzene rings is 2. The third-order valence-corrected chi connectivity index (χ3v) is 2.97. The Labute approximate surface area is 96.1 Å². The van der Waals surface area contributed by atoms with E-state index in [1.807, 2.05) is 36.4 Å². The van der Waals surface area contributed by atoms with Crippen molar-refractivity contribution in [3.8, 4) is 0 Å². The molecule has 0 aliphatic rings. The summed E-state index contributed by atoms with van der Waals surface area (Å²) in [4.78, 5) is 26.1. The summed E-state index contributed by atoms with van der Waals surface area (Å²) < 4.78 is 1.08. The summed E-state index contributed by atoms with van der Waals surface area (Å²) in [5, 5.41) is 2.53. The molecule has 4 nitrogen and oxygen atoms in total. The Morgan fingerprint density at radius 2 is 1.71 bits per heavy atom. The van der Waals surface area contributed by atoms with Crippen molar-refractivity contribution >= 4 is 21.7 Å². The predicted molar refractivity (Wildman–Crippen MR) is 67.3 cm³/mol. The lowest BCUT2D eigenvalue weighted by Crippen LogP contribution is -2.32. The highest BCUT2D eigenvalue weighted by molar-refractivity contribution is 5.95. The molecular weight excluding hydrogens is 216 g/mol. The summed E-state index contributed by atoms with van der Waals surface area (Å²) in [6.07, 6.45) is 0. The Morgan fingerprint density at radius 1 is 1.06 bits per heavy atom. The number of H-pyrrole nitrogens is 1. The van der Waals surface area contributed by atoms with E-state index in [2.05, 4.69) is 4.98 Å². The Kier molecular flexibility index (Phi) is 1.92. The molecule has 0 radical (unpaired) electrons. The lowest BCUT2D eigenvalue weighted by molar-refractivity contribution is 0.794. The number of hydrogen-bond donors (Lipinski definition) is 1. The Hall–Kier alpha value is -2.36. The van der Waals surface area contributed by atoms with Crippen LogP contribution in [-0.4, -0.2) is 9.55 Å². The summed E-state index contributed by atoms with van der Waals surface area (Å²) in [5.74, 6) is 0. The lowest BCUT2D eigenvalue weighted by Gasteiger charge is -2.03. The van der Waals surface area contributed by atoms with Gasteiger partial charge in [0.1, 0.15) is 0 Å². The first-order valence-corrected chi connectivity index (χ1v) is 5.28. The van der Waals surface area contributed by atoms with E-state index in [0.717, 1.165) is 15.3 Å². The molecular formula is C13H10N2O2. The van der Waals surface area contributed by atoms with Crippen molar-refractivity contribution in [1.29, 1.82) is 0 Å². The van der Waals surface area contributed by atoms with E-state index in [1.165, 1.54) is 7.05 Å². The zero-order valence-corrected chi connectivity index (χ0v) is 9.23. The second-order valence-corrected chi connectivity index (χ2v) is 4.04. The molecule has 0 unspecified atom stereocenters. The zero-order chi connectivity index (χ0) is 12.0. The van der Waals surface area contributed by atoms with E-state index in [1.54, 1.807) is 0 Å². The minimum Gasteiger partial charge on any atom is -0.307 e. The molecule has 2 aromatic carbocycles. The first-order valence-electron chi connectivity index (χ1n) is 5.28. The van der Waals surface area contributed by atoms with Gasteiger partial charge in [-0.05, 0) is 22.9 Å². The van der Waals surface area contributed by atoms with Gasteiger partial charge >= 0.3 is 5.69 Å². The van der Waals surface area contributed by atoms with E-state index < -0.39 is 5.69 Å². The average Bonchev–Trinajstić information content (AvgIpc) is 2.34. The molecule has 1 aromatic heterocycles. The predicted octanol–water partition coefficient (Wildman–Crippen LogP) is 1.38. The molecule has 0 bridgehead atoms. The van der Waals surface area contributed by atoms with Crippen LogP contribution in [0.5, 0.6) is 0 Å². The van der Waals surface area contributed by atoms with Crippen LogP contribution in [0, 0.1) is 0 Å². The highest BCUT2D eigenvalue weighted by Crippen LogP contribution is 2.18. The van der Waals surface area contributed by atoms with E-state index in [4.69, 9.17) is 0 Å². The van der Waals surface area contributed by atoms with E-state index in [0.29, 0.717) is 10.9 Å². The van der Waals surface area contributed by atoms with Gasteiger partial charge in [-0.25, -0.2) is 4.79 Å². The molecule has 0 aliphatic carbocycles. The molecule has 0 fully saturated rings. The van der Waals surface area contributed by atoms with Gasteiger partial charge in [-0.15, -0.1) is 0 Å². The molecule has 17 heavy (non-hydrogen) atoms. The highest BCUT2D eigenvalue weighted by Gasteiger charge is 2.05. The minimum atomic E-state index is -0.391. The van der Waals surface area contributed by atoms with E-state index >= 15 is 0 Å². The first-order chi connectivity index (χ1) is 8.16. The molecule has 84 valence electrons. The maximum Gasteiger partial charge on any atom is 0.328 e. The van der Waals surface area contributed by atoms with Gasteiger partial charge in [-0.2, -0.15) is 0 Å². The van der Waals surface area contributed by atoms with Crippen LogP contribution < -0.4 is 11.2 Å². The molecule has 0 atom stereocenters. The Balaban J connectivity index is 2.62. The van der Waals surface area contributed by atoms with Gasteiger partial charge < -0.3 is 4.98 Å². The van der Waals surface area contributed by atoms with Crippen LogP contribution in [0.2, 0.25) is 0 Å². The molecule has 0 spiro atoms. The van der Waals surface area contributed by atoms with Crippen LogP contribution in [0.1, 0.15) is 0 Å². The summed E-state index contributed by atoms with van der Waals surface area (Å²) in [6.45, 7) is 0. The highest BCUT2D eigenvalue weighted by atomic mass is 16.2. The molecule has 3 aromatic rings. The summed E-state index contributed by atoms with van der Waals surface area (Å²) >= 11 is 0. The van der Waals surface area contributed by atoms with E-state index in [9.17, 15) is 9.59 Å². The standard InChI is InChI=1S/C13H10N2O2/c1-15-12(16)10-6-8-4-2-3-5-9(8)7-11(10)14-13(15)17/h2-7H,1H3,(H,14,17). The third kappa shape index (κ3) is 1.38. The van der Waals surface area contributed by atoms with E-state index in [-0.39, 0.29) is 5.56 Å². The van der Waals surface area contributed by atoms with Gasteiger partial charge in [0.25, 0.3) is 5.56 Å². The van der Waals surface area contributed by atoms with Crippen molar-refractivity contribution in [3.63, 3.8) is 0 Å². The molecule has 1 N–H and O–H groups in total. The molecule has 3 rings (SSSR count). The number of nitrogens with zero attached hydrogens (tertiary/aromatic N) is 1. The van der Waals surface area contributed by atoms with Gasteiger partial charge in [0.2, 0.25) is 0 Å². The van der Waals surface area contributed by atoms with Crippen molar-refractivity contribution in [2.45, 2.75) is 0 Å². The fourth-order valence-corrected chi connectivity index (χ4v) is 1.99. The van der Waals surface area contributed by atoms with Crippen LogP contribution in [-0.2, 0) is 7.05 Å². The number of rotatable bonds is 0. The van der Waals surface area contributed by atoms with Crippen molar-refractivity contribution in [2.75, 3.05) is 0 Å². The number of aromatic amines is 1. The van der Waals surface area contributed by atoms with Gasteiger partial charge in [-0.1, -0.05) is 24.3 Å². The lowest BCUT2D eigenvalue weighted by atomic mass is 10.1.